The molecule has 0 amide bonds. The monoisotopic (exact) mass is 514 g/mol. The molecule has 0 aliphatic carbocycles. The van der Waals surface area contributed by atoms with Crippen molar-refractivity contribution in [1.82, 2.24) is 0 Å². The van der Waals surface area contributed by atoms with E-state index in [-0.39, 0.29) is 42.2 Å². The van der Waals surface area contributed by atoms with Crippen molar-refractivity contribution in [3.8, 4) is 0 Å². The number of aliphatic hydroxyl groups excluding tert-OH is 1. The van der Waals surface area contributed by atoms with E-state index in [1.54, 1.807) is 46.1 Å². The van der Waals surface area contributed by atoms with Crippen molar-refractivity contribution < 1.29 is 33.6 Å². The van der Waals surface area contributed by atoms with Crippen LogP contribution in [0.2, 0.25) is 0 Å². The van der Waals surface area contributed by atoms with Crippen molar-refractivity contribution in [1.29, 1.82) is 0 Å². The molecule has 2 fully saturated rings. The Morgan fingerprint density at radius 1 is 1.00 bits per heavy atom. The van der Waals surface area contributed by atoms with Crippen LogP contribution in [0.1, 0.15) is 54.4 Å². The molecular formula is C30H42O7. The highest BCUT2D eigenvalue weighted by Crippen LogP contribution is 2.33. The number of allylic oxidation sites excluding steroid dienone is 4. The van der Waals surface area contributed by atoms with Gasteiger partial charge in [-0.1, -0.05) is 50.3 Å². The van der Waals surface area contributed by atoms with Gasteiger partial charge in [0.15, 0.2) is 5.78 Å². The minimum Gasteiger partial charge on any atom is -0.454 e. The molecule has 0 saturated carbocycles. The Balaban J connectivity index is 1.94. The van der Waals surface area contributed by atoms with Crippen LogP contribution in [0.4, 0.5) is 0 Å². The molecule has 2 saturated heterocycles. The van der Waals surface area contributed by atoms with Gasteiger partial charge in [0.2, 0.25) is 0 Å². The lowest BCUT2D eigenvalue weighted by molar-refractivity contribution is -0.146. The Morgan fingerprint density at radius 2 is 1.68 bits per heavy atom. The summed E-state index contributed by atoms with van der Waals surface area (Å²) in [5, 5.41) is 10.7. The number of rotatable bonds is 3. The fourth-order valence-corrected chi connectivity index (χ4v) is 4.73. The summed E-state index contributed by atoms with van der Waals surface area (Å²) in [6.07, 6.45) is 12.0. The number of fused-ring (bicyclic) bond motifs is 2. The van der Waals surface area contributed by atoms with Crippen LogP contribution in [0.25, 0.3) is 0 Å². The summed E-state index contributed by atoms with van der Waals surface area (Å²) in [7, 11) is 1.66. The number of epoxide rings is 1. The molecule has 0 radical (unpaired) electrons. The van der Waals surface area contributed by atoms with Crippen LogP contribution in [-0.2, 0) is 28.5 Å². The lowest BCUT2D eigenvalue weighted by Crippen LogP contribution is -2.33. The van der Waals surface area contributed by atoms with Crippen LogP contribution in [0, 0.1) is 11.8 Å². The number of Topliss-reactive ketones (excluding diaryl/α,β-unsaturated/α-hetero) is 1. The van der Waals surface area contributed by atoms with Gasteiger partial charge in [0.25, 0.3) is 0 Å². The van der Waals surface area contributed by atoms with E-state index in [0.29, 0.717) is 24.0 Å². The number of methoxy groups -OCH3 is 1. The zero-order chi connectivity index (χ0) is 27.3. The summed E-state index contributed by atoms with van der Waals surface area (Å²) in [4.78, 5) is 25.9. The van der Waals surface area contributed by atoms with Gasteiger partial charge in [-0.25, -0.2) is 4.79 Å². The fraction of sp³-hybridized carbons (Fsp3) is 0.600. The molecular weight excluding hydrogens is 472 g/mol. The predicted molar refractivity (Wildman–Crippen MR) is 142 cm³/mol. The van der Waals surface area contributed by atoms with Crippen molar-refractivity contribution in [2.45, 2.75) is 97.1 Å². The molecule has 0 spiro atoms. The van der Waals surface area contributed by atoms with Gasteiger partial charge in [-0.2, -0.15) is 0 Å². The van der Waals surface area contributed by atoms with Crippen molar-refractivity contribution in [2.75, 3.05) is 7.11 Å². The number of carbonyl (C=O) groups excluding carboxylic acids is 2. The van der Waals surface area contributed by atoms with Crippen LogP contribution in [0.5, 0.6) is 0 Å². The van der Waals surface area contributed by atoms with E-state index < -0.39 is 24.1 Å². The number of cyclic esters (lactones) is 1. The number of aliphatic hydroxyl groups is 1. The van der Waals surface area contributed by atoms with Gasteiger partial charge in [0.1, 0.15) is 18.3 Å². The maximum absolute atomic E-state index is 13.1. The van der Waals surface area contributed by atoms with Gasteiger partial charge in [-0.15, -0.1) is 0 Å². The second-order valence-electron chi connectivity index (χ2n) is 10.5. The summed E-state index contributed by atoms with van der Waals surface area (Å²) < 4.78 is 23.6. The third-order valence-corrected chi connectivity index (χ3v) is 7.48. The number of hydrogen-bond acceptors (Lipinski definition) is 7. The standard InChI is InChI=1S/C30H42O7/c1-17-10-8-9-11-23(31)18(2)15-28-27(34-7)16-26(36-28)21(5)24(12-13-25-22(6)35-25)37-30(33)20(4)14-19(3)29(17)32/h8-10,12-15,19,21-28,31H,11,16H2,1-7H3/b9-8-,13-12+,17-10-,18-15-,20-14-/t19-,21-,22+,23+,24+,25-,26+,27-,28+/m0/s1. The van der Waals surface area contributed by atoms with Crippen molar-refractivity contribution in [2.24, 2.45) is 11.8 Å². The smallest absolute Gasteiger partial charge is 0.334 e. The molecule has 0 aromatic rings. The zero-order valence-corrected chi connectivity index (χ0v) is 23.0. The lowest BCUT2D eigenvalue weighted by Gasteiger charge is -2.26. The van der Waals surface area contributed by atoms with Gasteiger partial charge in [0, 0.05) is 30.9 Å². The van der Waals surface area contributed by atoms with E-state index in [1.807, 2.05) is 45.1 Å². The maximum atomic E-state index is 13.1. The topological polar surface area (TPSA) is 94.6 Å². The Bertz CT molecular complexity index is 988. The summed E-state index contributed by atoms with van der Waals surface area (Å²) in [6, 6.07) is 0. The van der Waals surface area contributed by atoms with E-state index in [2.05, 4.69) is 0 Å². The molecule has 3 heterocycles. The summed E-state index contributed by atoms with van der Waals surface area (Å²) in [6.45, 7) is 11.0. The minimum absolute atomic E-state index is 0.0107. The average molecular weight is 515 g/mol. The molecule has 9 atom stereocenters. The minimum atomic E-state index is -0.679. The molecule has 2 bridgehead atoms. The lowest BCUT2D eigenvalue weighted by atomic mass is 9.93. The van der Waals surface area contributed by atoms with E-state index in [4.69, 9.17) is 18.9 Å². The summed E-state index contributed by atoms with van der Waals surface area (Å²) >= 11 is 0. The predicted octanol–water partition coefficient (Wildman–Crippen LogP) is 4.42. The summed E-state index contributed by atoms with van der Waals surface area (Å²) in [5.74, 6) is -1.20. The van der Waals surface area contributed by atoms with Crippen LogP contribution in [-0.4, -0.2) is 66.7 Å². The molecule has 3 aliphatic rings. The fourth-order valence-electron chi connectivity index (χ4n) is 4.73. The molecule has 1 N–H and O–H groups in total. The third kappa shape index (κ3) is 7.84. The van der Waals surface area contributed by atoms with Crippen LogP contribution >= 0.6 is 0 Å². The van der Waals surface area contributed by atoms with Gasteiger partial charge in [-0.3, -0.25) is 4.79 Å². The quantitative estimate of drug-likeness (QED) is 0.339. The Labute approximate surface area is 220 Å². The maximum Gasteiger partial charge on any atom is 0.334 e. The molecule has 0 aromatic carbocycles. The number of hydrogen-bond donors (Lipinski definition) is 1. The number of ketones is 1. The molecule has 0 aromatic heterocycles. The first kappa shape index (κ1) is 29.2. The Hall–Kier alpha value is -2.32. The molecule has 3 rings (SSSR count). The number of esters is 1. The first-order valence-corrected chi connectivity index (χ1v) is 13.2. The second kappa shape index (κ2) is 13.0. The number of ether oxygens (including phenoxy) is 4. The van der Waals surface area contributed by atoms with Gasteiger partial charge < -0.3 is 24.1 Å². The zero-order valence-electron chi connectivity index (χ0n) is 23.0. The molecule has 7 nitrogen and oxygen atoms in total. The molecule has 3 aliphatic heterocycles. The van der Waals surface area contributed by atoms with E-state index >= 15 is 0 Å². The molecule has 37 heavy (non-hydrogen) atoms. The average Bonchev–Trinajstić information content (AvgIpc) is 3.42. The Kier molecular flexibility index (Phi) is 10.2. The van der Waals surface area contributed by atoms with Crippen molar-refractivity contribution >= 4 is 11.8 Å². The summed E-state index contributed by atoms with van der Waals surface area (Å²) in [5.41, 5.74) is 1.74. The van der Waals surface area contributed by atoms with Crippen molar-refractivity contribution in [3.05, 3.63) is 59.3 Å². The SMILES string of the molecule is CO[C@H]1C[C@H]2O[C@@H]1/C=C(/C)[C@H](O)C/C=C\C=C(\C)C(=O)[C@@H](C)/C=C(/C)C(=O)O[C@H](/C=C/[C@@H]1O[C@@H]1C)[C@@H]2C. The number of carbonyl (C=O) groups is 2. The molecule has 0 unspecified atom stereocenters. The Morgan fingerprint density at radius 3 is 2.32 bits per heavy atom. The van der Waals surface area contributed by atoms with Crippen LogP contribution in [0.15, 0.2) is 59.3 Å². The molecule has 7 heteroatoms. The van der Waals surface area contributed by atoms with Crippen molar-refractivity contribution in [3.63, 3.8) is 0 Å². The van der Waals surface area contributed by atoms with Crippen LogP contribution in [0.3, 0.4) is 0 Å². The van der Waals surface area contributed by atoms with E-state index in [9.17, 15) is 14.7 Å². The van der Waals surface area contributed by atoms with Gasteiger partial charge in [0.05, 0.1) is 24.4 Å². The normalized spacial score (nSPS) is 43.4. The first-order valence-electron chi connectivity index (χ1n) is 13.2. The van der Waals surface area contributed by atoms with Crippen LogP contribution < -0.4 is 0 Å². The second-order valence-corrected chi connectivity index (χ2v) is 10.5. The van der Waals surface area contributed by atoms with E-state index in [1.165, 1.54) is 0 Å². The highest BCUT2D eigenvalue weighted by atomic mass is 16.6. The van der Waals surface area contributed by atoms with Gasteiger partial charge in [-0.05, 0) is 51.3 Å². The largest absolute Gasteiger partial charge is 0.454 e. The highest BCUT2D eigenvalue weighted by molar-refractivity contribution is 5.99. The van der Waals surface area contributed by atoms with E-state index in [0.717, 1.165) is 5.57 Å². The molecule has 204 valence electrons. The van der Waals surface area contributed by atoms with Gasteiger partial charge >= 0.3 is 5.97 Å². The first-order chi connectivity index (χ1) is 17.5. The third-order valence-electron chi connectivity index (χ3n) is 7.48. The highest BCUT2D eigenvalue weighted by Gasteiger charge is 2.41.